The van der Waals surface area contributed by atoms with Crippen LogP contribution in [0.2, 0.25) is 18.1 Å². The molecule has 9 atom stereocenters. The van der Waals surface area contributed by atoms with Crippen LogP contribution in [0.3, 0.4) is 0 Å². The van der Waals surface area contributed by atoms with Gasteiger partial charge in [0.15, 0.2) is 6.29 Å². The van der Waals surface area contributed by atoms with Gasteiger partial charge < -0.3 is 13.9 Å². The summed E-state index contributed by atoms with van der Waals surface area (Å²) in [5.74, 6) is 3.55. The number of carbonyl (C=O) groups is 1. The fourth-order valence-corrected chi connectivity index (χ4v) is 10.6. The average Bonchev–Trinajstić information content (AvgIpc) is 3.24. The zero-order valence-electron chi connectivity index (χ0n) is 27.2. The van der Waals surface area contributed by atoms with Crippen molar-refractivity contribution in [3.8, 4) is 0 Å². The lowest BCUT2D eigenvalue weighted by Gasteiger charge is -2.58. The molecule has 1 heterocycles. The van der Waals surface area contributed by atoms with Gasteiger partial charge in [0, 0.05) is 13.0 Å². The van der Waals surface area contributed by atoms with Crippen molar-refractivity contribution in [2.24, 2.45) is 40.4 Å². The van der Waals surface area contributed by atoms with Gasteiger partial charge >= 0.3 is 0 Å². The minimum atomic E-state index is -2.04. The Kier molecular flexibility index (Phi) is 8.81. The van der Waals surface area contributed by atoms with Crippen LogP contribution in [-0.4, -0.2) is 33.3 Å². The molecule has 0 N–H and O–H groups in total. The third-order valence-corrected chi connectivity index (χ3v) is 17.6. The van der Waals surface area contributed by atoms with E-state index >= 15 is 0 Å². The zero-order valence-corrected chi connectivity index (χ0v) is 28.2. The number of hydrogen-bond donors (Lipinski definition) is 0. The molecule has 1 aliphatic heterocycles. The van der Waals surface area contributed by atoms with E-state index in [-0.39, 0.29) is 17.3 Å². The molecule has 0 bridgehead atoms. The van der Waals surface area contributed by atoms with Crippen molar-refractivity contribution in [2.75, 3.05) is 6.61 Å². The van der Waals surface area contributed by atoms with Gasteiger partial charge in [-0.25, -0.2) is 0 Å². The highest BCUT2D eigenvalue weighted by atomic mass is 28.4. The third kappa shape index (κ3) is 5.79. The van der Waals surface area contributed by atoms with E-state index < -0.39 is 8.32 Å². The Morgan fingerprint density at radius 1 is 1.05 bits per heavy atom. The molecular weight excluding hydrogens is 512 g/mol. The van der Waals surface area contributed by atoms with Gasteiger partial charge in [0.25, 0.3) is 14.3 Å². The Hall–Kier alpha value is -0.653. The number of ether oxygens (including phenoxy) is 2. The standard InChI is InChI=1S/C35H60O4Si/c1-24(12-17-31(36)39-40(7,8)33(2,3)4)28-15-16-29-27-14-13-25-23-26(38-32-11-9-10-22-37-32)18-20-34(25,5)30(27)19-21-35(28,29)6/h14,24-26,28-30,32H,9-13,15-23H2,1-8H3/t24-,25?,26+,28-,29+,30+,32?,34+,35-/m1/s1. The molecule has 0 radical (unpaired) electrons. The maximum Gasteiger partial charge on any atom is 0.292 e. The highest BCUT2D eigenvalue weighted by Gasteiger charge is 2.58. The summed E-state index contributed by atoms with van der Waals surface area (Å²) in [5, 5.41) is 0.0680. The molecule has 5 heteroatoms. The van der Waals surface area contributed by atoms with E-state index in [1.165, 1.54) is 64.2 Å². The van der Waals surface area contributed by atoms with Crippen LogP contribution in [-0.2, 0) is 18.7 Å². The first kappa shape index (κ1) is 30.8. The molecule has 2 unspecified atom stereocenters. The van der Waals surface area contributed by atoms with E-state index in [4.69, 9.17) is 13.9 Å². The minimum Gasteiger partial charge on any atom is -0.519 e. The van der Waals surface area contributed by atoms with E-state index in [0.717, 1.165) is 37.2 Å². The monoisotopic (exact) mass is 572 g/mol. The fraction of sp³-hybridized carbons (Fsp3) is 0.914. The first-order valence-electron chi connectivity index (χ1n) is 16.9. The van der Waals surface area contributed by atoms with Crippen LogP contribution < -0.4 is 0 Å². The Labute approximate surface area is 246 Å². The molecule has 1 saturated heterocycles. The second-order valence-corrected chi connectivity index (χ2v) is 21.3. The molecule has 0 aromatic rings. The maximum absolute atomic E-state index is 12.9. The summed E-state index contributed by atoms with van der Waals surface area (Å²) in [4.78, 5) is 12.9. The summed E-state index contributed by atoms with van der Waals surface area (Å²) < 4.78 is 18.5. The Bertz CT molecular complexity index is 946. The van der Waals surface area contributed by atoms with E-state index in [9.17, 15) is 4.79 Å². The largest absolute Gasteiger partial charge is 0.519 e. The van der Waals surface area contributed by atoms with Crippen molar-refractivity contribution in [1.82, 2.24) is 0 Å². The molecule has 5 rings (SSSR count). The van der Waals surface area contributed by atoms with Crippen LogP contribution >= 0.6 is 0 Å². The molecule has 4 fully saturated rings. The highest BCUT2D eigenvalue weighted by molar-refractivity contribution is 6.75. The number of allylic oxidation sites excluding steroid dienone is 2. The topological polar surface area (TPSA) is 44.8 Å². The van der Waals surface area contributed by atoms with Gasteiger partial charge in [-0.3, -0.25) is 4.79 Å². The van der Waals surface area contributed by atoms with Gasteiger partial charge in [-0.2, -0.15) is 0 Å². The van der Waals surface area contributed by atoms with Crippen LogP contribution in [0.1, 0.15) is 125 Å². The van der Waals surface area contributed by atoms with Crippen molar-refractivity contribution in [3.05, 3.63) is 11.6 Å². The lowest BCUT2D eigenvalue weighted by molar-refractivity contribution is -0.204. The lowest BCUT2D eigenvalue weighted by Crippen LogP contribution is -2.50. The van der Waals surface area contributed by atoms with Crippen LogP contribution in [0.15, 0.2) is 11.6 Å². The molecule has 0 amide bonds. The molecular formula is C35H60O4Si. The van der Waals surface area contributed by atoms with Crippen LogP contribution in [0.5, 0.6) is 0 Å². The molecule has 0 aromatic heterocycles. The molecule has 5 aliphatic rings. The SMILES string of the molecule is C[C@H](CCC(=O)O[Si](C)(C)C(C)(C)C)[C@H]1CC[C@H]2C3=CCC4C[C@@H](OC5CCCCO5)CC[C@]4(C)[C@H]3CC[C@]12C. The van der Waals surface area contributed by atoms with E-state index in [1.807, 2.05) is 5.57 Å². The van der Waals surface area contributed by atoms with E-state index in [1.54, 1.807) is 0 Å². The summed E-state index contributed by atoms with van der Waals surface area (Å²) in [6.07, 6.45) is 18.5. The van der Waals surface area contributed by atoms with Gasteiger partial charge in [0.2, 0.25) is 0 Å². The fourth-order valence-electron chi connectivity index (χ4n) is 9.64. The van der Waals surface area contributed by atoms with Crippen LogP contribution in [0.25, 0.3) is 0 Å². The van der Waals surface area contributed by atoms with E-state index in [2.05, 4.69) is 60.7 Å². The van der Waals surface area contributed by atoms with Gasteiger partial charge in [-0.15, -0.1) is 0 Å². The first-order valence-corrected chi connectivity index (χ1v) is 19.8. The molecule has 4 aliphatic carbocycles. The summed E-state index contributed by atoms with van der Waals surface area (Å²) in [7, 11) is -2.04. The number of hydrogen-bond acceptors (Lipinski definition) is 4. The first-order chi connectivity index (χ1) is 18.7. The molecule has 40 heavy (non-hydrogen) atoms. The van der Waals surface area contributed by atoms with Gasteiger partial charge in [0.05, 0.1) is 6.10 Å². The van der Waals surface area contributed by atoms with Crippen molar-refractivity contribution in [3.63, 3.8) is 0 Å². The Morgan fingerprint density at radius 3 is 2.48 bits per heavy atom. The normalized spacial score (nSPS) is 40.9. The molecule has 0 spiro atoms. The number of carbonyl (C=O) groups excluding carboxylic acids is 1. The average molecular weight is 573 g/mol. The van der Waals surface area contributed by atoms with Crippen molar-refractivity contribution < 1.29 is 18.7 Å². The maximum atomic E-state index is 12.9. The Balaban J connectivity index is 1.20. The summed E-state index contributed by atoms with van der Waals surface area (Å²) >= 11 is 0. The predicted molar refractivity (Wildman–Crippen MR) is 165 cm³/mol. The van der Waals surface area contributed by atoms with Gasteiger partial charge in [0.1, 0.15) is 0 Å². The van der Waals surface area contributed by atoms with Crippen LogP contribution in [0.4, 0.5) is 0 Å². The van der Waals surface area contributed by atoms with Crippen molar-refractivity contribution in [2.45, 2.75) is 156 Å². The number of rotatable bonds is 7. The molecule has 3 saturated carbocycles. The predicted octanol–water partition coefficient (Wildman–Crippen LogP) is 9.44. The molecule has 228 valence electrons. The summed E-state index contributed by atoms with van der Waals surface area (Å²) in [6.45, 7) is 19.5. The second-order valence-electron chi connectivity index (χ2n) is 16.6. The third-order valence-electron chi connectivity index (χ3n) is 13.3. The Morgan fingerprint density at radius 2 is 1.77 bits per heavy atom. The number of fused-ring (bicyclic) bond motifs is 5. The van der Waals surface area contributed by atoms with Gasteiger partial charge in [-0.1, -0.05) is 53.2 Å². The summed E-state index contributed by atoms with van der Waals surface area (Å²) in [5.41, 5.74) is 2.64. The summed E-state index contributed by atoms with van der Waals surface area (Å²) in [6, 6.07) is 0. The lowest BCUT2D eigenvalue weighted by atomic mass is 9.47. The van der Waals surface area contributed by atoms with Crippen LogP contribution in [0, 0.1) is 40.4 Å². The second kappa shape index (κ2) is 11.4. The highest BCUT2D eigenvalue weighted by Crippen LogP contribution is 2.67. The molecule has 0 aromatic carbocycles. The van der Waals surface area contributed by atoms with E-state index in [0.29, 0.717) is 35.2 Å². The van der Waals surface area contributed by atoms with Gasteiger partial charge in [-0.05, 0) is 136 Å². The van der Waals surface area contributed by atoms with Crippen molar-refractivity contribution >= 4 is 14.3 Å². The quantitative estimate of drug-likeness (QED) is 0.225. The zero-order chi connectivity index (χ0) is 28.9. The van der Waals surface area contributed by atoms with Crippen molar-refractivity contribution in [1.29, 1.82) is 0 Å². The molecule has 4 nitrogen and oxygen atoms in total. The smallest absolute Gasteiger partial charge is 0.292 e. The minimum absolute atomic E-state index is 0.0328.